The maximum Gasteiger partial charge on any atom is 0.331 e. The van der Waals surface area contributed by atoms with E-state index in [1.54, 1.807) is 23.2 Å². The van der Waals surface area contributed by atoms with E-state index >= 15 is 0 Å². The van der Waals surface area contributed by atoms with Crippen molar-refractivity contribution in [1.82, 2.24) is 4.90 Å². The highest BCUT2D eigenvalue weighted by Gasteiger charge is 2.43. The number of amides is 1. The van der Waals surface area contributed by atoms with Crippen LogP contribution in [0.15, 0.2) is 59.3 Å². The van der Waals surface area contributed by atoms with E-state index in [0.29, 0.717) is 18.5 Å². The molecule has 162 valence electrons. The van der Waals surface area contributed by atoms with Crippen molar-refractivity contribution in [1.29, 1.82) is 0 Å². The number of aryl methyl sites for hydroxylation is 2. The number of hydrogen-bond acceptors (Lipinski definition) is 4. The number of thiophene rings is 1. The van der Waals surface area contributed by atoms with E-state index in [4.69, 9.17) is 4.74 Å². The molecule has 5 heteroatoms. The van der Waals surface area contributed by atoms with Crippen molar-refractivity contribution in [3.8, 4) is 11.1 Å². The summed E-state index contributed by atoms with van der Waals surface area (Å²) >= 11 is 1.66. The van der Waals surface area contributed by atoms with E-state index in [9.17, 15) is 9.59 Å². The van der Waals surface area contributed by atoms with Gasteiger partial charge in [0.05, 0.1) is 7.11 Å². The molecule has 0 fully saturated rings. The monoisotopic (exact) mass is 435 g/mol. The lowest BCUT2D eigenvalue weighted by atomic mass is 9.89. The van der Waals surface area contributed by atoms with Gasteiger partial charge in [-0.05, 0) is 73.3 Å². The standard InChI is InChI=1S/C26H29NO3S/c1-6-27(24(28)23-14-18(2)13-19(3)15-23)26(4,25(29)30-5)16-20-7-9-21(10-8-20)22-11-12-31-17-22/h7-15,17H,6,16H2,1-5H3. The minimum atomic E-state index is -1.12. The largest absolute Gasteiger partial charge is 0.467 e. The smallest absolute Gasteiger partial charge is 0.331 e. The van der Waals surface area contributed by atoms with Gasteiger partial charge < -0.3 is 9.64 Å². The zero-order valence-corrected chi connectivity index (χ0v) is 19.6. The van der Waals surface area contributed by atoms with Crippen LogP contribution in [0.4, 0.5) is 0 Å². The van der Waals surface area contributed by atoms with E-state index in [1.807, 2.05) is 51.1 Å². The number of hydrogen-bond donors (Lipinski definition) is 0. The molecule has 0 radical (unpaired) electrons. The van der Waals surface area contributed by atoms with Gasteiger partial charge >= 0.3 is 5.97 Å². The lowest BCUT2D eigenvalue weighted by Crippen LogP contribution is -2.57. The average Bonchev–Trinajstić information content (AvgIpc) is 3.28. The maximum atomic E-state index is 13.5. The molecular weight excluding hydrogens is 406 g/mol. The first-order valence-corrected chi connectivity index (χ1v) is 11.3. The van der Waals surface area contributed by atoms with Gasteiger partial charge in [0.1, 0.15) is 5.54 Å². The second kappa shape index (κ2) is 9.48. The van der Waals surface area contributed by atoms with E-state index in [2.05, 4.69) is 29.0 Å². The molecule has 1 unspecified atom stereocenters. The molecule has 1 atom stereocenters. The number of carbonyl (C=O) groups is 2. The molecule has 2 aromatic carbocycles. The van der Waals surface area contributed by atoms with Crippen LogP contribution in [0.1, 0.15) is 40.9 Å². The number of carbonyl (C=O) groups excluding carboxylic acids is 2. The normalized spacial score (nSPS) is 12.8. The first kappa shape index (κ1) is 22.8. The quantitative estimate of drug-likeness (QED) is 0.449. The van der Waals surface area contributed by atoms with Gasteiger partial charge in [0.2, 0.25) is 0 Å². The Bertz CT molecular complexity index is 1040. The Morgan fingerprint density at radius 1 is 1.00 bits per heavy atom. The predicted molar refractivity (Wildman–Crippen MR) is 127 cm³/mol. The maximum absolute atomic E-state index is 13.5. The zero-order valence-electron chi connectivity index (χ0n) is 18.8. The number of rotatable bonds is 7. The first-order chi connectivity index (χ1) is 14.8. The summed E-state index contributed by atoms with van der Waals surface area (Å²) in [4.78, 5) is 28.0. The number of likely N-dealkylation sites (N-methyl/N-ethyl adjacent to an activating group) is 1. The van der Waals surface area contributed by atoms with Gasteiger partial charge in [-0.15, -0.1) is 0 Å². The summed E-state index contributed by atoms with van der Waals surface area (Å²) in [5.74, 6) is -0.592. The zero-order chi connectivity index (χ0) is 22.6. The Morgan fingerprint density at radius 2 is 1.65 bits per heavy atom. The fraction of sp³-hybridized carbons (Fsp3) is 0.308. The van der Waals surface area contributed by atoms with Crippen LogP contribution < -0.4 is 0 Å². The molecule has 0 saturated carbocycles. The lowest BCUT2D eigenvalue weighted by Gasteiger charge is -2.38. The summed E-state index contributed by atoms with van der Waals surface area (Å²) in [7, 11) is 1.37. The molecule has 1 heterocycles. The van der Waals surface area contributed by atoms with Crippen LogP contribution in [0.25, 0.3) is 11.1 Å². The van der Waals surface area contributed by atoms with E-state index in [0.717, 1.165) is 22.3 Å². The number of esters is 1. The third-order valence-corrected chi connectivity index (χ3v) is 6.29. The van der Waals surface area contributed by atoms with Crippen LogP contribution >= 0.6 is 11.3 Å². The van der Waals surface area contributed by atoms with Crippen LogP contribution in [0.2, 0.25) is 0 Å². The summed E-state index contributed by atoms with van der Waals surface area (Å²) < 4.78 is 5.16. The Kier molecular flexibility index (Phi) is 6.96. The third kappa shape index (κ3) is 4.88. The topological polar surface area (TPSA) is 46.6 Å². The molecule has 0 bridgehead atoms. The minimum Gasteiger partial charge on any atom is -0.467 e. The second-order valence-corrected chi connectivity index (χ2v) is 8.86. The minimum absolute atomic E-state index is 0.169. The third-order valence-electron chi connectivity index (χ3n) is 5.61. The van der Waals surface area contributed by atoms with Crippen LogP contribution in [0.5, 0.6) is 0 Å². The number of nitrogens with zero attached hydrogens (tertiary/aromatic N) is 1. The molecule has 1 amide bonds. The van der Waals surface area contributed by atoms with Gasteiger partial charge in [-0.25, -0.2) is 4.79 Å². The molecule has 0 saturated heterocycles. The molecule has 3 rings (SSSR count). The fourth-order valence-electron chi connectivity index (χ4n) is 4.11. The molecule has 0 N–H and O–H groups in total. The first-order valence-electron chi connectivity index (χ1n) is 10.4. The van der Waals surface area contributed by atoms with Gasteiger partial charge in [0, 0.05) is 18.5 Å². The highest BCUT2D eigenvalue weighted by atomic mass is 32.1. The van der Waals surface area contributed by atoms with E-state index in [-0.39, 0.29) is 5.91 Å². The van der Waals surface area contributed by atoms with Gasteiger partial charge in [-0.1, -0.05) is 41.5 Å². The van der Waals surface area contributed by atoms with Crippen LogP contribution in [-0.2, 0) is 16.0 Å². The van der Waals surface area contributed by atoms with Gasteiger partial charge in [-0.2, -0.15) is 11.3 Å². The van der Waals surface area contributed by atoms with Crippen molar-refractivity contribution in [3.63, 3.8) is 0 Å². The van der Waals surface area contributed by atoms with Crippen molar-refractivity contribution >= 4 is 23.2 Å². The van der Waals surface area contributed by atoms with Gasteiger partial charge in [0.25, 0.3) is 5.91 Å². The van der Waals surface area contributed by atoms with Crippen LogP contribution in [0, 0.1) is 13.8 Å². The molecule has 0 aliphatic rings. The number of ether oxygens (including phenoxy) is 1. The molecular formula is C26H29NO3S. The SMILES string of the molecule is CCN(C(=O)c1cc(C)cc(C)c1)C(C)(Cc1ccc(-c2ccsc2)cc1)C(=O)OC. The predicted octanol–water partition coefficient (Wildman–Crippen LogP) is 5.67. The van der Waals surface area contributed by atoms with Crippen molar-refractivity contribution in [2.45, 2.75) is 39.7 Å². The Labute approximate surface area is 188 Å². The highest BCUT2D eigenvalue weighted by molar-refractivity contribution is 7.08. The average molecular weight is 436 g/mol. The van der Waals surface area contributed by atoms with Crippen LogP contribution in [0.3, 0.4) is 0 Å². The second-order valence-electron chi connectivity index (χ2n) is 8.08. The Hall–Kier alpha value is -2.92. The van der Waals surface area contributed by atoms with Gasteiger partial charge in [-0.3, -0.25) is 4.79 Å². The lowest BCUT2D eigenvalue weighted by molar-refractivity contribution is -0.152. The van der Waals surface area contributed by atoms with E-state index < -0.39 is 11.5 Å². The van der Waals surface area contributed by atoms with Crippen LogP contribution in [-0.4, -0.2) is 36.0 Å². The summed E-state index contributed by atoms with van der Waals surface area (Å²) in [6.45, 7) is 8.00. The Balaban J connectivity index is 1.94. The van der Waals surface area contributed by atoms with Crippen molar-refractivity contribution in [3.05, 3.63) is 81.5 Å². The number of benzene rings is 2. The van der Waals surface area contributed by atoms with Gasteiger partial charge in [0.15, 0.2) is 0 Å². The summed E-state index contributed by atoms with van der Waals surface area (Å²) in [6.07, 6.45) is 0.369. The summed E-state index contributed by atoms with van der Waals surface area (Å²) in [5.41, 5.74) is 4.77. The van der Waals surface area contributed by atoms with E-state index in [1.165, 1.54) is 12.7 Å². The van der Waals surface area contributed by atoms with Crippen molar-refractivity contribution in [2.24, 2.45) is 0 Å². The highest BCUT2D eigenvalue weighted by Crippen LogP contribution is 2.28. The van der Waals surface area contributed by atoms with Crippen molar-refractivity contribution in [2.75, 3.05) is 13.7 Å². The fourth-order valence-corrected chi connectivity index (χ4v) is 4.77. The molecule has 0 aliphatic carbocycles. The molecule has 31 heavy (non-hydrogen) atoms. The molecule has 1 aromatic heterocycles. The number of methoxy groups -OCH3 is 1. The summed E-state index contributed by atoms with van der Waals surface area (Å²) in [5, 5.41) is 4.16. The van der Waals surface area contributed by atoms with Crippen molar-refractivity contribution < 1.29 is 14.3 Å². The summed E-state index contributed by atoms with van der Waals surface area (Å²) in [6, 6.07) is 16.0. The molecule has 0 aliphatic heterocycles. The molecule has 0 spiro atoms. The molecule has 3 aromatic rings. The molecule has 4 nitrogen and oxygen atoms in total. The Morgan fingerprint density at radius 3 is 2.16 bits per heavy atom.